The first-order chi connectivity index (χ1) is 17.0. The van der Waals surface area contributed by atoms with Crippen LogP contribution in [-0.2, 0) is 11.4 Å². The fourth-order valence-corrected chi connectivity index (χ4v) is 4.24. The van der Waals surface area contributed by atoms with Crippen molar-refractivity contribution in [3.8, 4) is 11.5 Å². The lowest BCUT2D eigenvalue weighted by atomic mass is 10.1. The van der Waals surface area contributed by atoms with Gasteiger partial charge in [-0.05, 0) is 83.2 Å². The van der Waals surface area contributed by atoms with E-state index in [2.05, 4.69) is 11.4 Å². The van der Waals surface area contributed by atoms with Gasteiger partial charge in [-0.15, -0.1) is 0 Å². The fourth-order valence-electron chi connectivity index (χ4n) is 3.95. The Morgan fingerprint density at radius 2 is 1.74 bits per heavy atom. The second-order valence-corrected chi connectivity index (χ2v) is 8.36. The molecule has 0 unspecified atom stereocenters. The third-order valence-electron chi connectivity index (χ3n) is 5.69. The number of rotatable bonds is 6. The molecule has 0 atom stereocenters. The van der Waals surface area contributed by atoms with E-state index in [1.807, 2.05) is 54.6 Å². The average molecular weight is 485 g/mol. The summed E-state index contributed by atoms with van der Waals surface area (Å²) < 4.78 is 24.8. The lowest BCUT2D eigenvalue weighted by molar-refractivity contribution is -0.113. The molecule has 0 radical (unpaired) electrons. The number of hydrogen-bond donors (Lipinski definition) is 1. The zero-order valence-electron chi connectivity index (χ0n) is 18.8. The second-order valence-electron chi connectivity index (χ2n) is 7.97. The first-order valence-corrected chi connectivity index (χ1v) is 11.3. The first kappa shape index (κ1) is 22.6. The zero-order valence-corrected chi connectivity index (χ0v) is 19.6. The molecule has 7 heteroatoms. The number of carbonyl (C=O) groups excluding carboxylic acids is 1. The van der Waals surface area contributed by atoms with Crippen molar-refractivity contribution in [2.45, 2.75) is 6.61 Å². The van der Waals surface area contributed by atoms with Crippen LogP contribution in [0.1, 0.15) is 11.1 Å². The Labute approximate surface area is 207 Å². The second kappa shape index (κ2) is 9.56. The monoisotopic (exact) mass is 484 g/mol. The number of thiocarbonyl (C=S) groups is 1. The molecule has 0 aromatic heterocycles. The number of carbonyl (C=O) groups is 1. The summed E-state index contributed by atoms with van der Waals surface area (Å²) >= 11 is 5.34. The maximum absolute atomic E-state index is 13.3. The van der Waals surface area contributed by atoms with Gasteiger partial charge in [-0.1, -0.05) is 36.4 Å². The molecule has 1 amide bonds. The zero-order chi connectivity index (χ0) is 24.4. The van der Waals surface area contributed by atoms with Crippen molar-refractivity contribution >= 4 is 45.8 Å². The molecule has 0 saturated carbocycles. The molecular formula is C28H21FN2O3S. The molecule has 1 aliphatic heterocycles. The number of nitrogens with one attached hydrogen (secondary N) is 1. The summed E-state index contributed by atoms with van der Waals surface area (Å²) in [4.78, 5) is 14.3. The van der Waals surface area contributed by atoms with Crippen molar-refractivity contribution in [1.29, 1.82) is 0 Å². The molecule has 5 nitrogen and oxygen atoms in total. The summed E-state index contributed by atoms with van der Waals surface area (Å²) in [5.41, 5.74) is 2.43. The number of nitrogens with zero attached hydrogens (tertiary/aromatic N) is 1. The Hall–Kier alpha value is -4.23. The van der Waals surface area contributed by atoms with Crippen molar-refractivity contribution in [3.63, 3.8) is 0 Å². The van der Waals surface area contributed by atoms with Gasteiger partial charge in [-0.3, -0.25) is 9.69 Å². The molecule has 1 aliphatic rings. The predicted molar refractivity (Wildman–Crippen MR) is 139 cm³/mol. The summed E-state index contributed by atoms with van der Waals surface area (Å²) in [6.07, 6.45) is 1.72. The number of hydrogen-bond acceptors (Lipinski definition) is 4. The topological polar surface area (TPSA) is 50.8 Å². The minimum atomic E-state index is -0.383. The SMILES string of the molecule is COc1ccc(/C=C2/NC(=S)N(c3ccc(F)cc3)C2=O)cc1COc1ccc2ccccc2c1. The van der Waals surface area contributed by atoms with Crippen LogP contribution >= 0.6 is 12.2 Å². The van der Waals surface area contributed by atoms with Crippen molar-refractivity contribution in [1.82, 2.24) is 5.32 Å². The van der Waals surface area contributed by atoms with Gasteiger partial charge >= 0.3 is 0 Å². The van der Waals surface area contributed by atoms with E-state index in [0.29, 0.717) is 23.7 Å². The minimum Gasteiger partial charge on any atom is -0.496 e. The number of anilines is 1. The van der Waals surface area contributed by atoms with E-state index in [1.54, 1.807) is 13.2 Å². The number of halogens is 1. The van der Waals surface area contributed by atoms with Crippen LogP contribution < -0.4 is 19.7 Å². The van der Waals surface area contributed by atoms with E-state index in [-0.39, 0.29) is 16.8 Å². The third-order valence-corrected chi connectivity index (χ3v) is 5.98. The smallest absolute Gasteiger partial charge is 0.281 e. The quantitative estimate of drug-likeness (QED) is 0.276. The van der Waals surface area contributed by atoms with Gasteiger partial charge in [0.15, 0.2) is 5.11 Å². The van der Waals surface area contributed by atoms with Crippen LogP contribution in [0.15, 0.2) is 90.6 Å². The Bertz CT molecular complexity index is 1470. The molecule has 5 rings (SSSR count). The molecule has 0 bridgehead atoms. The maximum Gasteiger partial charge on any atom is 0.281 e. The Kier molecular flexibility index (Phi) is 6.16. The summed E-state index contributed by atoms with van der Waals surface area (Å²) in [6.45, 7) is 0.292. The largest absolute Gasteiger partial charge is 0.496 e. The highest BCUT2D eigenvalue weighted by atomic mass is 32.1. The summed E-state index contributed by atoms with van der Waals surface area (Å²) in [5, 5.41) is 5.43. The van der Waals surface area contributed by atoms with Gasteiger partial charge in [-0.25, -0.2) is 4.39 Å². The van der Waals surface area contributed by atoms with Gasteiger partial charge in [0, 0.05) is 5.56 Å². The van der Waals surface area contributed by atoms with Gasteiger partial charge in [-0.2, -0.15) is 0 Å². The van der Waals surface area contributed by atoms with Crippen LogP contribution in [0.25, 0.3) is 16.8 Å². The average Bonchev–Trinajstić information content (AvgIpc) is 3.15. The van der Waals surface area contributed by atoms with Crippen LogP contribution in [0.5, 0.6) is 11.5 Å². The molecule has 4 aromatic rings. The number of methoxy groups -OCH3 is 1. The third kappa shape index (κ3) is 4.72. The molecule has 0 spiro atoms. The molecule has 1 saturated heterocycles. The first-order valence-electron chi connectivity index (χ1n) is 10.9. The molecule has 1 heterocycles. The summed E-state index contributed by atoms with van der Waals surface area (Å²) in [7, 11) is 1.61. The molecular weight excluding hydrogens is 463 g/mol. The number of benzene rings is 4. The molecule has 4 aromatic carbocycles. The Balaban J connectivity index is 1.37. The highest BCUT2D eigenvalue weighted by molar-refractivity contribution is 7.80. The highest BCUT2D eigenvalue weighted by Gasteiger charge is 2.32. The highest BCUT2D eigenvalue weighted by Crippen LogP contribution is 2.27. The Morgan fingerprint density at radius 3 is 2.51 bits per heavy atom. The molecule has 1 N–H and O–H groups in total. The molecule has 1 fully saturated rings. The standard InChI is InChI=1S/C28H21FN2O3S/c1-33-26-13-6-18(14-21(26)17-34-24-12-7-19-4-2-3-5-20(19)16-24)15-25-27(32)31(28(35)30-25)23-10-8-22(29)9-11-23/h2-16H,17H2,1H3,(H,30,35)/b25-15+. The lowest BCUT2D eigenvalue weighted by Crippen LogP contribution is -2.30. The molecule has 35 heavy (non-hydrogen) atoms. The fraction of sp³-hybridized carbons (Fsp3) is 0.0714. The van der Waals surface area contributed by atoms with Crippen LogP contribution in [0.2, 0.25) is 0 Å². The van der Waals surface area contributed by atoms with E-state index in [9.17, 15) is 9.18 Å². The van der Waals surface area contributed by atoms with E-state index < -0.39 is 0 Å². The summed E-state index contributed by atoms with van der Waals surface area (Å²) in [6, 6.07) is 25.3. The maximum atomic E-state index is 13.3. The molecule has 174 valence electrons. The van der Waals surface area contributed by atoms with E-state index in [1.165, 1.54) is 29.2 Å². The van der Waals surface area contributed by atoms with Crippen LogP contribution in [-0.4, -0.2) is 18.1 Å². The van der Waals surface area contributed by atoms with Crippen LogP contribution in [0, 0.1) is 5.82 Å². The normalized spacial score (nSPS) is 14.5. The van der Waals surface area contributed by atoms with Crippen LogP contribution in [0.3, 0.4) is 0 Å². The summed E-state index contributed by atoms with van der Waals surface area (Å²) in [5.74, 6) is 0.739. The van der Waals surface area contributed by atoms with Crippen molar-refractivity contribution in [2.75, 3.05) is 12.0 Å². The van der Waals surface area contributed by atoms with Crippen molar-refractivity contribution in [3.05, 3.63) is 108 Å². The predicted octanol–water partition coefficient (Wildman–Crippen LogP) is 5.83. The minimum absolute atomic E-state index is 0.237. The lowest BCUT2D eigenvalue weighted by Gasteiger charge is -2.13. The van der Waals surface area contributed by atoms with Gasteiger partial charge in [0.25, 0.3) is 5.91 Å². The van der Waals surface area contributed by atoms with Gasteiger partial charge < -0.3 is 14.8 Å². The Morgan fingerprint density at radius 1 is 0.971 bits per heavy atom. The molecule has 0 aliphatic carbocycles. The van der Waals surface area contributed by atoms with E-state index in [4.69, 9.17) is 21.7 Å². The van der Waals surface area contributed by atoms with E-state index in [0.717, 1.165) is 27.6 Å². The van der Waals surface area contributed by atoms with Crippen LogP contribution in [0.4, 0.5) is 10.1 Å². The van der Waals surface area contributed by atoms with Gasteiger partial charge in [0.1, 0.15) is 29.6 Å². The van der Waals surface area contributed by atoms with Crippen molar-refractivity contribution in [2.24, 2.45) is 0 Å². The number of fused-ring (bicyclic) bond motifs is 1. The van der Waals surface area contributed by atoms with Crippen molar-refractivity contribution < 1.29 is 18.7 Å². The number of amides is 1. The van der Waals surface area contributed by atoms with E-state index >= 15 is 0 Å². The van der Waals surface area contributed by atoms with Gasteiger partial charge in [0.2, 0.25) is 0 Å². The van der Waals surface area contributed by atoms with Gasteiger partial charge in [0.05, 0.1) is 12.8 Å². The number of ether oxygens (including phenoxy) is 2.